The van der Waals surface area contributed by atoms with Crippen LogP contribution in [0, 0.1) is 16.5 Å². The van der Waals surface area contributed by atoms with Crippen molar-refractivity contribution in [1.82, 2.24) is 0 Å². The highest BCUT2D eigenvalue weighted by Crippen LogP contribution is 2.21. The second-order valence-corrected chi connectivity index (χ2v) is 3.29. The third-order valence-corrected chi connectivity index (χ3v) is 2.34. The van der Waals surface area contributed by atoms with Gasteiger partial charge in [0.25, 0.3) is 0 Å². The van der Waals surface area contributed by atoms with Crippen LogP contribution < -0.4 is 0 Å². The third-order valence-electron chi connectivity index (χ3n) is 2.34. The van der Waals surface area contributed by atoms with E-state index in [9.17, 15) is 5.21 Å². The molecular formula is C8H14N2O2. The van der Waals surface area contributed by atoms with Crippen LogP contribution in [0.25, 0.3) is 0 Å². The standard InChI is InChI=1S/C8H14N2O2/c1-3-8-7(6-9)10(2,11)4-5-12-8/h7-8H,3-5H2,1-2H3. The monoisotopic (exact) mass is 170 g/mol. The van der Waals surface area contributed by atoms with Gasteiger partial charge in [-0.15, -0.1) is 0 Å². The molecule has 0 radical (unpaired) electrons. The Bertz CT molecular complexity index is 198. The summed E-state index contributed by atoms with van der Waals surface area (Å²) in [5.41, 5.74) is 0. The number of hydroxylamine groups is 3. The molecule has 0 spiro atoms. The molecule has 0 aromatic rings. The topological polar surface area (TPSA) is 56.1 Å². The first-order chi connectivity index (χ1) is 5.61. The summed E-state index contributed by atoms with van der Waals surface area (Å²) >= 11 is 0. The van der Waals surface area contributed by atoms with E-state index in [1.54, 1.807) is 7.05 Å². The lowest BCUT2D eigenvalue weighted by molar-refractivity contribution is -0.891. The fraction of sp³-hybridized carbons (Fsp3) is 0.875. The summed E-state index contributed by atoms with van der Waals surface area (Å²) < 4.78 is 4.85. The molecule has 4 nitrogen and oxygen atoms in total. The number of ether oxygens (including phenoxy) is 1. The highest BCUT2D eigenvalue weighted by Gasteiger charge is 2.36. The molecule has 1 aliphatic heterocycles. The molecule has 0 saturated carbocycles. The molecular weight excluding hydrogens is 156 g/mol. The van der Waals surface area contributed by atoms with Crippen molar-refractivity contribution in [2.45, 2.75) is 25.5 Å². The van der Waals surface area contributed by atoms with E-state index < -0.39 is 10.7 Å². The van der Waals surface area contributed by atoms with Crippen molar-refractivity contribution in [3.8, 4) is 6.07 Å². The van der Waals surface area contributed by atoms with E-state index in [2.05, 4.69) is 0 Å². The molecule has 0 N–H and O–H groups in total. The summed E-state index contributed by atoms with van der Waals surface area (Å²) in [6.45, 7) is 2.78. The lowest BCUT2D eigenvalue weighted by Gasteiger charge is -2.48. The minimum absolute atomic E-state index is 0.189. The molecule has 12 heavy (non-hydrogen) atoms. The predicted molar refractivity (Wildman–Crippen MR) is 43.9 cm³/mol. The zero-order valence-corrected chi connectivity index (χ0v) is 7.49. The Hall–Kier alpha value is -0.630. The Morgan fingerprint density at radius 3 is 2.83 bits per heavy atom. The molecule has 4 heteroatoms. The number of quaternary nitrogens is 1. The fourth-order valence-electron chi connectivity index (χ4n) is 1.51. The van der Waals surface area contributed by atoms with Gasteiger partial charge in [-0.1, -0.05) is 6.92 Å². The minimum Gasteiger partial charge on any atom is -0.632 e. The van der Waals surface area contributed by atoms with Crippen molar-refractivity contribution in [2.24, 2.45) is 0 Å². The van der Waals surface area contributed by atoms with Gasteiger partial charge in [-0.05, 0) is 6.42 Å². The Morgan fingerprint density at radius 1 is 1.75 bits per heavy atom. The molecule has 3 atom stereocenters. The van der Waals surface area contributed by atoms with Gasteiger partial charge in [0.15, 0.2) is 0 Å². The zero-order chi connectivity index (χ0) is 9.19. The quantitative estimate of drug-likeness (QED) is 0.428. The maximum Gasteiger partial charge on any atom is 0.202 e. The molecule has 0 bridgehead atoms. The summed E-state index contributed by atoms with van der Waals surface area (Å²) in [4.78, 5) is 0. The molecule has 0 aromatic carbocycles. The van der Waals surface area contributed by atoms with Crippen molar-refractivity contribution in [2.75, 3.05) is 20.2 Å². The predicted octanol–water partition coefficient (Wildman–Crippen LogP) is 0.632. The molecule has 1 aliphatic rings. The number of rotatable bonds is 1. The maximum atomic E-state index is 11.7. The van der Waals surface area contributed by atoms with Gasteiger partial charge in [0.1, 0.15) is 18.7 Å². The van der Waals surface area contributed by atoms with Gasteiger partial charge in [-0.3, -0.25) is 0 Å². The lowest BCUT2D eigenvalue weighted by atomic mass is 10.1. The normalized spacial score (nSPS) is 42.2. The van der Waals surface area contributed by atoms with Crippen LogP contribution in [0.3, 0.4) is 0 Å². The van der Waals surface area contributed by atoms with E-state index in [1.807, 2.05) is 13.0 Å². The molecule has 0 aromatic heterocycles. The first-order valence-corrected chi connectivity index (χ1v) is 4.19. The van der Waals surface area contributed by atoms with Gasteiger partial charge < -0.3 is 14.6 Å². The van der Waals surface area contributed by atoms with Crippen LogP contribution in [0.1, 0.15) is 13.3 Å². The van der Waals surface area contributed by atoms with Crippen LogP contribution in [0.5, 0.6) is 0 Å². The lowest BCUT2D eigenvalue weighted by Crippen LogP contribution is -2.58. The number of nitrogens with zero attached hydrogens (tertiary/aromatic N) is 2. The zero-order valence-electron chi connectivity index (χ0n) is 7.49. The number of hydrogen-bond acceptors (Lipinski definition) is 3. The van der Waals surface area contributed by atoms with Crippen molar-refractivity contribution in [1.29, 1.82) is 5.26 Å². The van der Waals surface area contributed by atoms with Gasteiger partial charge in [0.05, 0.1) is 13.7 Å². The van der Waals surface area contributed by atoms with E-state index in [0.29, 0.717) is 13.2 Å². The molecule has 1 saturated heterocycles. The van der Waals surface area contributed by atoms with E-state index in [-0.39, 0.29) is 6.10 Å². The smallest absolute Gasteiger partial charge is 0.202 e. The molecule has 68 valence electrons. The molecule has 0 amide bonds. The van der Waals surface area contributed by atoms with Gasteiger partial charge in [-0.2, -0.15) is 5.26 Å². The second-order valence-electron chi connectivity index (χ2n) is 3.29. The molecule has 1 rings (SSSR count). The van der Waals surface area contributed by atoms with E-state index in [4.69, 9.17) is 10.00 Å². The number of morpholine rings is 1. The molecule has 0 aliphatic carbocycles. The summed E-state index contributed by atoms with van der Waals surface area (Å²) in [6.07, 6.45) is 0.542. The van der Waals surface area contributed by atoms with E-state index >= 15 is 0 Å². The van der Waals surface area contributed by atoms with Crippen LogP contribution >= 0.6 is 0 Å². The summed E-state index contributed by atoms with van der Waals surface area (Å²) in [7, 11) is 1.54. The number of nitriles is 1. The Morgan fingerprint density at radius 2 is 2.42 bits per heavy atom. The maximum absolute atomic E-state index is 11.7. The Labute approximate surface area is 72.5 Å². The first kappa shape index (κ1) is 9.46. The van der Waals surface area contributed by atoms with Crippen molar-refractivity contribution in [3.63, 3.8) is 0 Å². The number of hydrogen-bond donors (Lipinski definition) is 0. The van der Waals surface area contributed by atoms with Crippen molar-refractivity contribution >= 4 is 0 Å². The largest absolute Gasteiger partial charge is 0.632 e. The van der Waals surface area contributed by atoms with Gasteiger partial charge in [-0.25, -0.2) is 0 Å². The third kappa shape index (κ3) is 1.58. The van der Waals surface area contributed by atoms with Gasteiger partial charge >= 0.3 is 0 Å². The van der Waals surface area contributed by atoms with E-state index in [1.165, 1.54) is 0 Å². The average molecular weight is 170 g/mol. The van der Waals surface area contributed by atoms with Crippen LogP contribution in [-0.4, -0.2) is 37.0 Å². The Balaban J connectivity index is 2.75. The molecule has 1 heterocycles. The van der Waals surface area contributed by atoms with Gasteiger partial charge in [0, 0.05) is 0 Å². The fourth-order valence-corrected chi connectivity index (χ4v) is 1.51. The Kier molecular flexibility index (Phi) is 2.68. The SMILES string of the molecule is CCC1OCC[N+](C)([O-])C1C#N. The summed E-state index contributed by atoms with van der Waals surface area (Å²) in [6, 6.07) is 1.48. The van der Waals surface area contributed by atoms with Crippen LogP contribution in [0.15, 0.2) is 0 Å². The van der Waals surface area contributed by atoms with Crippen LogP contribution in [0.4, 0.5) is 0 Å². The number of likely N-dealkylation sites (N-methyl/N-ethyl adjacent to an activating group) is 1. The molecule has 1 fully saturated rings. The highest BCUT2D eigenvalue weighted by atomic mass is 16.6. The summed E-state index contributed by atoms with van der Waals surface area (Å²) in [5.74, 6) is 0. The average Bonchev–Trinajstić information content (AvgIpc) is 2.02. The highest BCUT2D eigenvalue weighted by molar-refractivity contribution is 4.92. The first-order valence-electron chi connectivity index (χ1n) is 4.19. The minimum atomic E-state index is -0.552. The summed E-state index contributed by atoms with van der Waals surface area (Å²) in [5, 5.41) is 20.5. The van der Waals surface area contributed by atoms with Crippen molar-refractivity contribution < 1.29 is 9.38 Å². The van der Waals surface area contributed by atoms with Crippen LogP contribution in [-0.2, 0) is 4.74 Å². The molecule has 3 unspecified atom stereocenters. The second kappa shape index (κ2) is 3.40. The van der Waals surface area contributed by atoms with Crippen molar-refractivity contribution in [3.05, 3.63) is 5.21 Å². The van der Waals surface area contributed by atoms with E-state index in [0.717, 1.165) is 6.42 Å². The van der Waals surface area contributed by atoms with Crippen LogP contribution in [0.2, 0.25) is 0 Å². The van der Waals surface area contributed by atoms with Gasteiger partial charge in [0.2, 0.25) is 6.04 Å².